The van der Waals surface area contributed by atoms with E-state index in [1.807, 2.05) is 0 Å². The molecule has 0 N–H and O–H groups in total. The van der Waals surface area contributed by atoms with Gasteiger partial charge in [0.15, 0.2) is 0 Å². The Morgan fingerprint density at radius 1 is 1.44 bits per heavy atom. The molecule has 0 spiro atoms. The lowest BCUT2D eigenvalue weighted by Gasteiger charge is -2.06. The summed E-state index contributed by atoms with van der Waals surface area (Å²) in [6.45, 7) is 3.62. The Labute approximate surface area is 141 Å². The second kappa shape index (κ2) is 6.27. The molecule has 0 aliphatic carbocycles. The number of carbonyl (C=O) groups is 1. The van der Waals surface area contributed by atoms with E-state index in [4.69, 9.17) is 13.9 Å². The molecule has 9 nitrogen and oxygen atoms in total. The van der Waals surface area contributed by atoms with Gasteiger partial charge in [0.25, 0.3) is 0 Å². The standard InChI is InChI=1S/C16H15N3O6/c1-4-23-16(20)13-9(2)24-12-6-5-10(7-11(12)13)25-15-14(19(21)22)17-8-18(15)3/h5-8H,4H2,1-3H3. The van der Waals surface area contributed by atoms with E-state index in [1.165, 1.54) is 10.9 Å². The van der Waals surface area contributed by atoms with Crippen LogP contribution in [0.15, 0.2) is 28.9 Å². The minimum absolute atomic E-state index is 0.0118. The number of hydrogen-bond donors (Lipinski definition) is 0. The van der Waals surface area contributed by atoms with Crippen molar-refractivity contribution in [2.45, 2.75) is 13.8 Å². The van der Waals surface area contributed by atoms with Crippen molar-refractivity contribution in [3.8, 4) is 11.6 Å². The van der Waals surface area contributed by atoms with E-state index in [0.29, 0.717) is 28.0 Å². The number of benzene rings is 1. The lowest BCUT2D eigenvalue weighted by Crippen LogP contribution is -2.05. The van der Waals surface area contributed by atoms with Gasteiger partial charge < -0.3 is 24.0 Å². The largest absolute Gasteiger partial charge is 0.462 e. The number of nitro groups is 1. The summed E-state index contributed by atoms with van der Waals surface area (Å²) in [5.41, 5.74) is 0.800. The minimum Gasteiger partial charge on any atom is -0.462 e. The fourth-order valence-corrected chi connectivity index (χ4v) is 2.48. The normalized spacial score (nSPS) is 10.8. The molecule has 25 heavy (non-hydrogen) atoms. The van der Waals surface area contributed by atoms with Crippen LogP contribution in [-0.4, -0.2) is 27.1 Å². The van der Waals surface area contributed by atoms with Crippen LogP contribution in [0.1, 0.15) is 23.0 Å². The molecule has 130 valence electrons. The van der Waals surface area contributed by atoms with Gasteiger partial charge in [-0.15, -0.1) is 0 Å². The molecule has 2 heterocycles. The first-order valence-electron chi connectivity index (χ1n) is 7.46. The average molecular weight is 345 g/mol. The summed E-state index contributed by atoms with van der Waals surface area (Å²) in [6, 6.07) is 4.80. The zero-order valence-electron chi connectivity index (χ0n) is 13.8. The van der Waals surface area contributed by atoms with E-state index in [2.05, 4.69) is 4.98 Å². The molecule has 0 aliphatic rings. The van der Waals surface area contributed by atoms with Crippen molar-refractivity contribution >= 4 is 22.8 Å². The highest BCUT2D eigenvalue weighted by Gasteiger charge is 2.24. The number of aromatic nitrogens is 2. The van der Waals surface area contributed by atoms with Gasteiger partial charge in [0.2, 0.25) is 6.33 Å². The fourth-order valence-electron chi connectivity index (χ4n) is 2.48. The Morgan fingerprint density at radius 2 is 2.20 bits per heavy atom. The number of ether oxygens (including phenoxy) is 2. The van der Waals surface area contributed by atoms with Crippen molar-refractivity contribution in [1.29, 1.82) is 0 Å². The van der Waals surface area contributed by atoms with Gasteiger partial charge in [0, 0.05) is 12.4 Å². The number of carbonyl (C=O) groups excluding carboxylic acids is 1. The van der Waals surface area contributed by atoms with Crippen LogP contribution in [0.4, 0.5) is 5.82 Å². The van der Waals surface area contributed by atoms with Crippen molar-refractivity contribution in [2.75, 3.05) is 6.61 Å². The molecule has 0 aliphatic heterocycles. The molecule has 0 radical (unpaired) electrons. The third kappa shape index (κ3) is 2.91. The van der Waals surface area contributed by atoms with Crippen LogP contribution < -0.4 is 4.74 Å². The van der Waals surface area contributed by atoms with Gasteiger partial charge in [-0.05, 0) is 42.0 Å². The summed E-state index contributed by atoms with van der Waals surface area (Å²) in [6.07, 6.45) is 1.29. The number of aryl methyl sites for hydroxylation is 2. The zero-order valence-corrected chi connectivity index (χ0v) is 13.8. The maximum atomic E-state index is 12.1. The van der Waals surface area contributed by atoms with Crippen LogP contribution in [0.5, 0.6) is 11.6 Å². The molecule has 0 saturated heterocycles. The van der Waals surface area contributed by atoms with Crippen molar-refractivity contribution in [1.82, 2.24) is 9.55 Å². The Balaban J connectivity index is 2.04. The first-order valence-corrected chi connectivity index (χ1v) is 7.46. The van der Waals surface area contributed by atoms with Gasteiger partial charge in [-0.2, -0.15) is 0 Å². The predicted molar refractivity (Wildman–Crippen MR) is 86.8 cm³/mol. The molecule has 0 saturated carbocycles. The fraction of sp³-hybridized carbons (Fsp3) is 0.250. The van der Waals surface area contributed by atoms with Crippen LogP contribution in [0.2, 0.25) is 0 Å². The van der Waals surface area contributed by atoms with Crippen molar-refractivity contribution in [3.05, 3.63) is 46.0 Å². The van der Waals surface area contributed by atoms with E-state index in [0.717, 1.165) is 0 Å². The highest BCUT2D eigenvalue weighted by atomic mass is 16.6. The highest BCUT2D eigenvalue weighted by molar-refractivity contribution is 6.04. The molecule has 0 unspecified atom stereocenters. The lowest BCUT2D eigenvalue weighted by molar-refractivity contribution is -0.390. The van der Waals surface area contributed by atoms with E-state index < -0.39 is 16.7 Å². The molecule has 1 aromatic carbocycles. The second-order valence-corrected chi connectivity index (χ2v) is 5.26. The predicted octanol–water partition coefficient (Wildman–Crippen LogP) is 3.35. The Hall–Kier alpha value is -3.36. The topological polar surface area (TPSA) is 110 Å². The SMILES string of the molecule is CCOC(=O)c1c(C)oc2ccc(Oc3c([N+](=O)[O-])ncn3C)cc12. The number of fused-ring (bicyclic) bond motifs is 1. The molecule has 2 aromatic heterocycles. The Bertz CT molecular complexity index is 972. The van der Waals surface area contributed by atoms with E-state index in [-0.39, 0.29) is 12.5 Å². The first kappa shape index (κ1) is 16.5. The van der Waals surface area contributed by atoms with Crippen molar-refractivity contribution < 1.29 is 23.6 Å². The third-order valence-electron chi connectivity index (χ3n) is 3.57. The average Bonchev–Trinajstić information content (AvgIpc) is 3.07. The number of esters is 1. The molecule has 3 aromatic rings. The number of rotatable bonds is 5. The number of imidazole rings is 1. The molecular weight excluding hydrogens is 330 g/mol. The van der Waals surface area contributed by atoms with Gasteiger partial charge >= 0.3 is 17.7 Å². The minimum atomic E-state index is -0.625. The highest BCUT2D eigenvalue weighted by Crippen LogP contribution is 2.34. The van der Waals surface area contributed by atoms with Crippen molar-refractivity contribution in [3.63, 3.8) is 0 Å². The third-order valence-corrected chi connectivity index (χ3v) is 3.57. The summed E-state index contributed by atoms with van der Waals surface area (Å²) in [7, 11) is 1.58. The Morgan fingerprint density at radius 3 is 2.88 bits per heavy atom. The summed E-state index contributed by atoms with van der Waals surface area (Å²) in [5, 5.41) is 11.5. The summed E-state index contributed by atoms with van der Waals surface area (Å²) < 4.78 is 17.6. The summed E-state index contributed by atoms with van der Waals surface area (Å²) in [5.74, 6) is -0.163. The molecule has 0 fully saturated rings. The summed E-state index contributed by atoms with van der Waals surface area (Å²) in [4.78, 5) is 26.2. The zero-order chi connectivity index (χ0) is 18.1. The van der Waals surface area contributed by atoms with Gasteiger partial charge in [-0.3, -0.25) is 4.57 Å². The molecule has 0 amide bonds. The van der Waals surface area contributed by atoms with Crippen LogP contribution >= 0.6 is 0 Å². The van der Waals surface area contributed by atoms with E-state index >= 15 is 0 Å². The van der Waals surface area contributed by atoms with Gasteiger partial charge in [0.05, 0.1) is 6.61 Å². The molecule has 0 bridgehead atoms. The maximum absolute atomic E-state index is 12.1. The molecule has 3 rings (SSSR count). The Kier molecular flexibility index (Phi) is 4.14. The van der Waals surface area contributed by atoms with E-state index in [1.54, 1.807) is 39.1 Å². The molecular formula is C16H15N3O6. The maximum Gasteiger partial charge on any atom is 0.427 e. The van der Waals surface area contributed by atoms with Gasteiger partial charge in [0.1, 0.15) is 22.7 Å². The lowest BCUT2D eigenvalue weighted by atomic mass is 10.1. The monoisotopic (exact) mass is 345 g/mol. The van der Waals surface area contributed by atoms with E-state index in [9.17, 15) is 14.9 Å². The number of furan rings is 1. The second-order valence-electron chi connectivity index (χ2n) is 5.26. The number of nitrogens with zero attached hydrogens (tertiary/aromatic N) is 3. The first-order chi connectivity index (χ1) is 11.9. The van der Waals surface area contributed by atoms with Gasteiger partial charge in [-0.25, -0.2) is 4.79 Å². The molecule has 9 heteroatoms. The summed E-state index contributed by atoms with van der Waals surface area (Å²) >= 11 is 0. The van der Waals surface area contributed by atoms with Crippen LogP contribution in [0, 0.1) is 17.0 Å². The van der Waals surface area contributed by atoms with Gasteiger partial charge in [-0.1, -0.05) is 0 Å². The smallest absolute Gasteiger partial charge is 0.427 e. The van der Waals surface area contributed by atoms with Crippen LogP contribution in [0.25, 0.3) is 11.0 Å². The van der Waals surface area contributed by atoms with Crippen LogP contribution in [-0.2, 0) is 11.8 Å². The quantitative estimate of drug-likeness (QED) is 0.396. The van der Waals surface area contributed by atoms with Crippen LogP contribution in [0.3, 0.4) is 0 Å². The molecule has 0 atom stereocenters. The number of hydrogen-bond acceptors (Lipinski definition) is 7. The van der Waals surface area contributed by atoms with Crippen molar-refractivity contribution in [2.24, 2.45) is 7.05 Å².